The molecular formula is C13H9BrN4O2. The van der Waals surface area contributed by atoms with Crippen LogP contribution in [-0.4, -0.2) is 21.1 Å². The van der Waals surface area contributed by atoms with E-state index in [4.69, 9.17) is 4.42 Å². The molecule has 1 amide bonds. The first-order valence-corrected chi connectivity index (χ1v) is 6.55. The molecule has 3 aromatic rings. The molecule has 0 saturated heterocycles. The van der Waals surface area contributed by atoms with Gasteiger partial charge in [0, 0.05) is 10.0 Å². The van der Waals surface area contributed by atoms with Crippen LogP contribution in [0.4, 0.5) is 5.95 Å². The van der Waals surface area contributed by atoms with Gasteiger partial charge in [-0.1, -0.05) is 15.9 Å². The van der Waals surface area contributed by atoms with Crippen LogP contribution in [0.2, 0.25) is 0 Å². The lowest BCUT2D eigenvalue weighted by molar-refractivity contribution is 0.102. The Hall–Kier alpha value is -2.41. The molecule has 0 unspecified atom stereocenters. The van der Waals surface area contributed by atoms with E-state index in [-0.39, 0.29) is 11.9 Å². The van der Waals surface area contributed by atoms with Crippen molar-refractivity contribution in [2.45, 2.75) is 0 Å². The Bertz CT molecular complexity index is 719. The molecule has 6 nitrogen and oxygen atoms in total. The largest absolute Gasteiger partial charge is 0.461 e. The van der Waals surface area contributed by atoms with Gasteiger partial charge in [-0.2, -0.15) is 4.98 Å². The van der Waals surface area contributed by atoms with Gasteiger partial charge in [0.25, 0.3) is 5.91 Å². The minimum absolute atomic E-state index is 0.198. The van der Waals surface area contributed by atoms with E-state index in [9.17, 15) is 4.79 Å². The van der Waals surface area contributed by atoms with Gasteiger partial charge in [-0.15, -0.1) is 5.10 Å². The second kappa shape index (κ2) is 5.30. The van der Waals surface area contributed by atoms with E-state index in [1.54, 1.807) is 36.4 Å². The first kappa shape index (κ1) is 12.6. The minimum Gasteiger partial charge on any atom is -0.461 e. The van der Waals surface area contributed by atoms with Crippen LogP contribution >= 0.6 is 15.9 Å². The number of anilines is 1. The number of aromatic amines is 1. The highest BCUT2D eigenvalue weighted by molar-refractivity contribution is 9.10. The van der Waals surface area contributed by atoms with Crippen LogP contribution in [0.1, 0.15) is 10.4 Å². The molecule has 2 aromatic heterocycles. The lowest BCUT2D eigenvalue weighted by atomic mass is 10.2. The first-order valence-electron chi connectivity index (χ1n) is 5.75. The van der Waals surface area contributed by atoms with E-state index in [1.807, 2.05) is 0 Å². The molecule has 100 valence electrons. The highest BCUT2D eigenvalue weighted by Gasteiger charge is 2.11. The first-order chi connectivity index (χ1) is 9.72. The number of H-pyrrole nitrogens is 1. The predicted octanol–water partition coefficient (Wildman–Crippen LogP) is 3.08. The molecule has 0 spiro atoms. The van der Waals surface area contributed by atoms with Gasteiger partial charge in [0.1, 0.15) is 0 Å². The summed E-state index contributed by atoms with van der Waals surface area (Å²) in [4.78, 5) is 16.1. The van der Waals surface area contributed by atoms with Crippen molar-refractivity contribution in [3.63, 3.8) is 0 Å². The van der Waals surface area contributed by atoms with Crippen LogP contribution in [0, 0.1) is 0 Å². The number of benzene rings is 1. The summed E-state index contributed by atoms with van der Waals surface area (Å²) in [5.74, 6) is 0.939. The Morgan fingerprint density at radius 2 is 2.05 bits per heavy atom. The summed E-state index contributed by atoms with van der Waals surface area (Å²) in [6, 6.07) is 10.5. The van der Waals surface area contributed by atoms with Crippen molar-refractivity contribution in [1.82, 2.24) is 15.2 Å². The summed E-state index contributed by atoms with van der Waals surface area (Å²) in [6.45, 7) is 0. The van der Waals surface area contributed by atoms with Crippen molar-refractivity contribution in [1.29, 1.82) is 0 Å². The Labute approximate surface area is 122 Å². The lowest BCUT2D eigenvalue weighted by Crippen LogP contribution is -2.12. The van der Waals surface area contributed by atoms with Gasteiger partial charge in [-0.25, -0.2) is 0 Å². The fourth-order valence-electron chi connectivity index (χ4n) is 1.62. The molecule has 0 aliphatic carbocycles. The van der Waals surface area contributed by atoms with Crippen LogP contribution in [0.25, 0.3) is 11.6 Å². The minimum atomic E-state index is -0.275. The van der Waals surface area contributed by atoms with Crippen molar-refractivity contribution in [2.24, 2.45) is 0 Å². The fourth-order valence-corrected chi connectivity index (χ4v) is 1.88. The number of nitrogens with one attached hydrogen (secondary N) is 2. The topological polar surface area (TPSA) is 83.8 Å². The quantitative estimate of drug-likeness (QED) is 0.771. The normalized spacial score (nSPS) is 10.4. The summed E-state index contributed by atoms with van der Waals surface area (Å²) in [5.41, 5.74) is 0.526. The number of aromatic nitrogens is 3. The van der Waals surface area contributed by atoms with Gasteiger partial charge < -0.3 is 4.42 Å². The smallest absolute Gasteiger partial charge is 0.258 e. The Kier molecular flexibility index (Phi) is 3.34. The molecule has 2 N–H and O–H groups in total. The van der Waals surface area contributed by atoms with E-state index in [0.29, 0.717) is 17.1 Å². The average molecular weight is 333 g/mol. The fraction of sp³-hybridized carbons (Fsp3) is 0. The summed E-state index contributed by atoms with van der Waals surface area (Å²) in [7, 11) is 0. The van der Waals surface area contributed by atoms with Crippen LogP contribution in [0.3, 0.4) is 0 Å². The Morgan fingerprint density at radius 1 is 1.25 bits per heavy atom. The van der Waals surface area contributed by atoms with Crippen molar-refractivity contribution in [2.75, 3.05) is 5.32 Å². The standard InChI is InChI=1S/C13H9BrN4O2/c14-9-5-3-8(4-6-9)12(19)16-13-15-11(17-18-13)10-2-1-7-20-10/h1-7H,(H2,15,16,17,18,19). The third-order valence-electron chi connectivity index (χ3n) is 2.57. The molecule has 0 aliphatic heterocycles. The number of rotatable bonds is 3. The summed E-state index contributed by atoms with van der Waals surface area (Å²) in [5, 5.41) is 9.23. The van der Waals surface area contributed by atoms with Gasteiger partial charge in [0.2, 0.25) is 5.95 Å². The van der Waals surface area contributed by atoms with E-state index in [2.05, 4.69) is 36.4 Å². The van der Waals surface area contributed by atoms with Crippen molar-refractivity contribution in [3.8, 4) is 11.6 Å². The van der Waals surface area contributed by atoms with Crippen LogP contribution in [0.5, 0.6) is 0 Å². The zero-order chi connectivity index (χ0) is 13.9. The third-order valence-corrected chi connectivity index (χ3v) is 3.10. The molecule has 20 heavy (non-hydrogen) atoms. The molecule has 0 saturated carbocycles. The maximum absolute atomic E-state index is 12.0. The molecule has 3 rings (SSSR count). The number of halogens is 1. The Morgan fingerprint density at radius 3 is 2.75 bits per heavy atom. The number of carbonyl (C=O) groups excluding carboxylic acids is 1. The zero-order valence-electron chi connectivity index (χ0n) is 10.1. The Balaban J connectivity index is 1.75. The summed E-state index contributed by atoms with van der Waals surface area (Å²) < 4.78 is 6.09. The predicted molar refractivity (Wildman–Crippen MR) is 76.2 cm³/mol. The van der Waals surface area contributed by atoms with Crippen LogP contribution < -0.4 is 5.32 Å². The van der Waals surface area contributed by atoms with Gasteiger partial charge in [-0.3, -0.25) is 15.2 Å². The van der Waals surface area contributed by atoms with Crippen molar-refractivity contribution < 1.29 is 9.21 Å². The molecule has 0 bridgehead atoms. The van der Waals surface area contributed by atoms with Gasteiger partial charge in [0.15, 0.2) is 11.6 Å². The molecular weight excluding hydrogens is 324 g/mol. The second-order valence-corrected chi connectivity index (χ2v) is 4.86. The molecule has 0 atom stereocenters. The maximum Gasteiger partial charge on any atom is 0.258 e. The van der Waals surface area contributed by atoms with E-state index in [1.165, 1.54) is 6.26 Å². The molecule has 0 fully saturated rings. The van der Waals surface area contributed by atoms with E-state index >= 15 is 0 Å². The van der Waals surface area contributed by atoms with Gasteiger partial charge >= 0.3 is 0 Å². The maximum atomic E-state index is 12.0. The monoisotopic (exact) mass is 332 g/mol. The average Bonchev–Trinajstić information content (AvgIpc) is 3.09. The van der Waals surface area contributed by atoms with Crippen LogP contribution in [0.15, 0.2) is 51.6 Å². The molecule has 7 heteroatoms. The van der Waals surface area contributed by atoms with E-state index < -0.39 is 0 Å². The highest BCUT2D eigenvalue weighted by atomic mass is 79.9. The second-order valence-electron chi connectivity index (χ2n) is 3.95. The van der Waals surface area contributed by atoms with Gasteiger partial charge in [-0.05, 0) is 36.4 Å². The summed E-state index contributed by atoms with van der Waals surface area (Å²) >= 11 is 3.31. The third kappa shape index (κ3) is 2.62. The zero-order valence-corrected chi connectivity index (χ0v) is 11.7. The number of hydrogen-bond donors (Lipinski definition) is 2. The van der Waals surface area contributed by atoms with Crippen molar-refractivity contribution >= 4 is 27.8 Å². The molecule has 2 heterocycles. The highest BCUT2D eigenvalue weighted by Crippen LogP contribution is 2.16. The summed E-state index contributed by atoms with van der Waals surface area (Å²) in [6.07, 6.45) is 1.54. The number of furan rings is 1. The number of amides is 1. The molecule has 1 aromatic carbocycles. The van der Waals surface area contributed by atoms with Crippen molar-refractivity contribution in [3.05, 3.63) is 52.7 Å². The number of nitrogens with zero attached hydrogens (tertiary/aromatic N) is 2. The lowest BCUT2D eigenvalue weighted by Gasteiger charge is -2.00. The van der Waals surface area contributed by atoms with E-state index in [0.717, 1.165) is 4.47 Å². The van der Waals surface area contributed by atoms with Crippen LogP contribution in [-0.2, 0) is 0 Å². The SMILES string of the molecule is O=C(Nc1n[nH]c(-c2ccco2)n1)c1ccc(Br)cc1. The molecule has 0 radical (unpaired) electrons. The van der Waals surface area contributed by atoms with Gasteiger partial charge in [0.05, 0.1) is 6.26 Å². The number of hydrogen-bond acceptors (Lipinski definition) is 4. The number of carbonyl (C=O) groups is 1. The molecule has 0 aliphatic rings.